The smallest absolute Gasteiger partial charge is 0.184 e. The van der Waals surface area contributed by atoms with Crippen LogP contribution in [0.2, 0.25) is 0 Å². The molecule has 92 valence electrons. The molecule has 2 heterocycles. The molecule has 0 amide bonds. The molecule has 4 nitrogen and oxygen atoms in total. The third kappa shape index (κ3) is 2.09. The first-order chi connectivity index (χ1) is 8.72. The SMILES string of the molecule is Cc1cccc2sc(NCc3ccn(C)n3)nc12. The molecule has 1 aromatic carbocycles. The van der Waals surface area contributed by atoms with Gasteiger partial charge in [0.15, 0.2) is 5.13 Å². The van der Waals surface area contributed by atoms with Gasteiger partial charge in [-0.1, -0.05) is 23.5 Å². The fourth-order valence-electron chi connectivity index (χ4n) is 1.89. The fraction of sp³-hybridized carbons (Fsp3) is 0.231. The van der Waals surface area contributed by atoms with Gasteiger partial charge in [-0.2, -0.15) is 5.10 Å². The Hall–Kier alpha value is -1.88. The minimum Gasteiger partial charge on any atom is -0.356 e. The van der Waals surface area contributed by atoms with Crippen molar-refractivity contribution >= 4 is 26.7 Å². The molecule has 0 atom stereocenters. The first kappa shape index (κ1) is 11.2. The van der Waals surface area contributed by atoms with E-state index in [1.807, 2.05) is 19.3 Å². The Kier molecular flexibility index (Phi) is 2.76. The molecule has 0 aliphatic heterocycles. The molecule has 0 saturated carbocycles. The fourth-order valence-corrected chi connectivity index (χ4v) is 2.82. The van der Waals surface area contributed by atoms with E-state index in [2.05, 4.69) is 40.5 Å². The van der Waals surface area contributed by atoms with Crippen LogP contribution in [0.1, 0.15) is 11.3 Å². The van der Waals surface area contributed by atoms with Crippen LogP contribution < -0.4 is 5.32 Å². The molecule has 18 heavy (non-hydrogen) atoms. The van der Waals surface area contributed by atoms with E-state index in [-0.39, 0.29) is 0 Å². The predicted octanol–water partition coefficient (Wildman–Crippen LogP) is 2.95. The number of hydrogen-bond donors (Lipinski definition) is 1. The maximum atomic E-state index is 4.61. The highest BCUT2D eigenvalue weighted by molar-refractivity contribution is 7.22. The van der Waals surface area contributed by atoms with Gasteiger partial charge in [-0.25, -0.2) is 4.98 Å². The monoisotopic (exact) mass is 258 g/mol. The van der Waals surface area contributed by atoms with E-state index >= 15 is 0 Å². The Morgan fingerprint density at radius 1 is 1.33 bits per heavy atom. The first-order valence-electron chi connectivity index (χ1n) is 5.81. The molecular weight excluding hydrogens is 244 g/mol. The molecule has 0 bridgehead atoms. The average molecular weight is 258 g/mol. The number of thiazole rings is 1. The second-order valence-corrected chi connectivity index (χ2v) is 5.31. The third-order valence-corrected chi connectivity index (χ3v) is 3.79. The van der Waals surface area contributed by atoms with E-state index in [0.717, 1.165) is 16.3 Å². The average Bonchev–Trinajstić information content (AvgIpc) is 2.93. The summed E-state index contributed by atoms with van der Waals surface area (Å²) < 4.78 is 3.03. The zero-order valence-electron chi connectivity index (χ0n) is 10.3. The molecule has 3 aromatic rings. The molecule has 0 spiro atoms. The standard InChI is InChI=1S/C13H14N4S/c1-9-4-3-5-11-12(9)15-13(18-11)14-8-10-6-7-17(2)16-10/h3-7H,8H2,1-2H3,(H,14,15). The summed E-state index contributed by atoms with van der Waals surface area (Å²) in [4.78, 5) is 4.61. The van der Waals surface area contributed by atoms with Gasteiger partial charge in [-0.3, -0.25) is 4.68 Å². The molecule has 0 aliphatic carbocycles. The van der Waals surface area contributed by atoms with Gasteiger partial charge in [0.25, 0.3) is 0 Å². The van der Waals surface area contributed by atoms with Crippen LogP contribution in [-0.4, -0.2) is 14.8 Å². The summed E-state index contributed by atoms with van der Waals surface area (Å²) >= 11 is 1.68. The summed E-state index contributed by atoms with van der Waals surface area (Å²) in [6.07, 6.45) is 1.94. The van der Waals surface area contributed by atoms with Gasteiger partial charge in [0, 0.05) is 13.2 Å². The van der Waals surface area contributed by atoms with Crippen LogP contribution in [0.15, 0.2) is 30.5 Å². The Bertz CT molecular complexity index is 683. The van der Waals surface area contributed by atoms with Crippen molar-refractivity contribution in [3.63, 3.8) is 0 Å². The lowest BCUT2D eigenvalue weighted by Gasteiger charge is -1.97. The van der Waals surface area contributed by atoms with E-state index in [1.165, 1.54) is 10.3 Å². The van der Waals surface area contributed by atoms with E-state index < -0.39 is 0 Å². The lowest BCUT2D eigenvalue weighted by molar-refractivity contribution is 0.747. The first-order valence-corrected chi connectivity index (χ1v) is 6.62. The maximum absolute atomic E-state index is 4.61. The normalized spacial score (nSPS) is 11.0. The number of nitrogens with zero attached hydrogens (tertiary/aromatic N) is 3. The topological polar surface area (TPSA) is 42.7 Å². The van der Waals surface area contributed by atoms with E-state index in [4.69, 9.17) is 0 Å². The van der Waals surface area contributed by atoms with Crippen molar-refractivity contribution < 1.29 is 0 Å². The van der Waals surface area contributed by atoms with Crippen LogP contribution in [0.25, 0.3) is 10.2 Å². The molecule has 3 rings (SSSR count). The lowest BCUT2D eigenvalue weighted by atomic mass is 10.2. The minimum absolute atomic E-state index is 0.708. The van der Waals surface area contributed by atoms with Crippen LogP contribution in [0.5, 0.6) is 0 Å². The molecular formula is C13H14N4S. The molecule has 5 heteroatoms. The second-order valence-electron chi connectivity index (χ2n) is 4.27. The third-order valence-electron chi connectivity index (χ3n) is 2.81. The molecule has 1 N–H and O–H groups in total. The Morgan fingerprint density at radius 3 is 2.94 bits per heavy atom. The Labute approximate surface area is 109 Å². The van der Waals surface area contributed by atoms with Crippen LogP contribution in [-0.2, 0) is 13.6 Å². The number of benzene rings is 1. The van der Waals surface area contributed by atoms with E-state index in [0.29, 0.717) is 6.54 Å². The van der Waals surface area contributed by atoms with Gasteiger partial charge >= 0.3 is 0 Å². The van der Waals surface area contributed by atoms with Gasteiger partial charge in [-0.15, -0.1) is 0 Å². The van der Waals surface area contributed by atoms with Gasteiger partial charge in [0.2, 0.25) is 0 Å². The van der Waals surface area contributed by atoms with E-state index in [9.17, 15) is 0 Å². The number of fused-ring (bicyclic) bond motifs is 1. The highest BCUT2D eigenvalue weighted by atomic mass is 32.1. The number of aryl methyl sites for hydroxylation is 2. The summed E-state index contributed by atoms with van der Waals surface area (Å²) in [7, 11) is 1.92. The van der Waals surface area contributed by atoms with Crippen molar-refractivity contribution in [3.05, 3.63) is 41.7 Å². The molecule has 2 aromatic heterocycles. The number of nitrogens with one attached hydrogen (secondary N) is 1. The Balaban J connectivity index is 1.81. The summed E-state index contributed by atoms with van der Waals surface area (Å²) in [5, 5.41) is 8.60. The van der Waals surface area contributed by atoms with Crippen molar-refractivity contribution in [1.29, 1.82) is 0 Å². The molecule has 0 radical (unpaired) electrons. The largest absolute Gasteiger partial charge is 0.356 e. The zero-order chi connectivity index (χ0) is 12.5. The number of rotatable bonds is 3. The zero-order valence-corrected chi connectivity index (χ0v) is 11.2. The van der Waals surface area contributed by atoms with Gasteiger partial charge in [0.1, 0.15) is 0 Å². The van der Waals surface area contributed by atoms with Crippen LogP contribution >= 0.6 is 11.3 Å². The highest BCUT2D eigenvalue weighted by Gasteiger charge is 2.05. The van der Waals surface area contributed by atoms with Crippen molar-refractivity contribution in [2.24, 2.45) is 7.05 Å². The molecule has 0 aliphatic rings. The predicted molar refractivity (Wildman–Crippen MR) is 74.9 cm³/mol. The summed E-state index contributed by atoms with van der Waals surface area (Å²) in [5.74, 6) is 0. The van der Waals surface area contributed by atoms with E-state index in [1.54, 1.807) is 16.0 Å². The second kappa shape index (κ2) is 4.42. The Morgan fingerprint density at radius 2 is 2.22 bits per heavy atom. The van der Waals surface area contributed by atoms with Crippen molar-refractivity contribution in [2.75, 3.05) is 5.32 Å². The molecule has 0 fully saturated rings. The van der Waals surface area contributed by atoms with Crippen LogP contribution in [0, 0.1) is 6.92 Å². The van der Waals surface area contributed by atoms with Gasteiger partial charge in [-0.05, 0) is 24.6 Å². The molecule has 0 saturated heterocycles. The molecule has 0 unspecified atom stereocenters. The van der Waals surface area contributed by atoms with Crippen LogP contribution in [0.3, 0.4) is 0 Å². The number of para-hydroxylation sites is 1. The van der Waals surface area contributed by atoms with Gasteiger partial charge in [0.05, 0.1) is 22.5 Å². The minimum atomic E-state index is 0.708. The number of anilines is 1. The maximum Gasteiger partial charge on any atom is 0.184 e. The summed E-state index contributed by atoms with van der Waals surface area (Å²) in [6.45, 7) is 2.80. The quantitative estimate of drug-likeness (QED) is 0.785. The highest BCUT2D eigenvalue weighted by Crippen LogP contribution is 2.27. The summed E-state index contributed by atoms with van der Waals surface area (Å²) in [5.41, 5.74) is 3.33. The van der Waals surface area contributed by atoms with Crippen molar-refractivity contribution in [1.82, 2.24) is 14.8 Å². The number of aromatic nitrogens is 3. The lowest BCUT2D eigenvalue weighted by Crippen LogP contribution is -2.00. The summed E-state index contributed by atoms with van der Waals surface area (Å²) in [6, 6.07) is 8.26. The van der Waals surface area contributed by atoms with Crippen molar-refractivity contribution in [2.45, 2.75) is 13.5 Å². The van der Waals surface area contributed by atoms with Gasteiger partial charge < -0.3 is 5.32 Å². The number of hydrogen-bond acceptors (Lipinski definition) is 4. The van der Waals surface area contributed by atoms with Crippen molar-refractivity contribution in [3.8, 4) is 0 Å². The van der Waals surface area contributed by atoms with Crippen LogP contribution in [0.4, 0.5) is 5.13 Å².